The molecule has 2 rings (SSSR count). The van der Waals surface area contributed by atoms with Crippen LogP contribution >= 0.6 is 12.2 Å². The van der Waals surface area contributed by atoms with E-state index in [9.17, 15) is 4.79 Å². The van der Waals surface area contributed by atoms with Crippen LogP contribution in [0.5, 0.6) is 0 Å². The smallest absolute Gasteiger partial charge is 0.338 e. The van der Waals surface area contributed by atoms with Crippen LogP contribution in [-0.4, -0.2) is 29.1 Å². The van der Waals surface area contributed by atoms with Crippen molar-refractivity contribution < 1.29 is 9.53 Å². The minimum Gasteiger partial charge on any atom is -0.459 e. The lowest BCUT2D eigenvalue weighted by Gasteiger charge is -2.35. The first-order valence-corrected chi connectivity index (χ1v) is 7.53. The number of hydrogen-bond donors (Lipinski definition) is 2. The van der Waals surface area contributed by atoms with Crippen LogP contribution in [-0.2, 0) is 9.53 Å². The van der Waals surface area contributed by atoms with Gasteiger partial charge in [0.2, 0.25) is 0 Å². The Morgan fingerprint density at radius 3 is 2.50 bits per heavy atom. The maximum absolute atomic E-state index is 12.5. The number of carbonyl (C=O) groups excluding carboxylic acids is 1. The Hall–Kier alpha value is -2.08. The van der Waals surface area contributed by atoms with Crippen LogP contribution in [0.4, 0.5) is 5.69 Å². The minimum atomic E-state index is -0.337. The van der Waals surface area contributed by atoms with Crippen LogP contribution in [0.25, 0.3) is 0 Å². The van der Waals surface area contributed by atoms with Crippen LogP contribution in [0.1, 0.15) is 32.4 Å². The lowest BCUT2D eigenvalue weighted by atomic mass is 9.95. The average Bonchev–Trinajstić information content (AvgIpc) is 2.44. The average molecular weight is 319 g/mol. The van der Waals surface area contributed by atoms with Crippen LogP contribution in [0.3, 0.4) is 0 Å². The molecule has 0 radical (unpaired) electrons. The highest BCUT2D eigenvalue weighted by molar-refractivity contribution is 7.80. The molecule has 1 aliphatic rings. The molecule has 0 spiro atoms. The standard InChI is InChI=1S/C16H21N3O2S/c1-9(2)21-15(20)13-10(3)19(4)16(22)18-14(13)11-5-7-12(17)8-6-11/h5-9,14H,17H2,1-4H3,(H,18,22)/t14-/m1/s1. The number of thiocarbonyl (C=S) groups is 1. The molecule has 0 unspecified atom stereocenters. The monoisotopic (exact) mass is 319 g/mol. The van der Waals surface area contributed by atoms with Gasteiger partial charge in [-0.05, 0) is 50.7 Å². The molecule has 1 heterocycles. The van der Waals surface area contributed by atoms with Crippen molar-refractivity contribution in [3.05, 3.63) is 41.1 Å². The molecule has 0 aliphatic carbocycles. The third-order valence-corrected chi connectivity index (χ3v) is 3.98. The Kier molecular flexibility index (Phi) is 4.71. The summed E-state index contributed by atoms with van der Waals surface area (Å²) < 4.78 is 5.39. The number of nitrogen functional groups attached to an aromatic ring is 1. The van der Waals surface area contributed by atoms with Gasteiger partial charge < -0.3 is 20.7 Å². The van der Waals surface area contributed by atoms with E-state index in [2.05, 4.69) is 5.32 Å². The number of nitrogens with zero attached hydrogens (tertiary/aromatic N) is 1. The van der Waals surface area contributed by atoms with E-state index in [1.807, 2.05) is 40.0 Å². The maximum atomic E-state index is 12.5. The van der Waals surface area contributed by atoms with Gasteiger partial charge in [-0.15, -0.1) is 0 Å². The van der Waals surface area contributed by atoms with E-state index in [-0.39, 0.29) is 18.1 Å². The summed E-state index contributed by atoms with van der Waals surface area (Å²) in [5.74, 6) is -0.337. The van der Waals surface area contributed by atoms with Gasteiger partial charge in [0.05, 0.1) is 17.7 Å². The molecule has 1 aromatic rings. The minimum absolute atomic E-state index is 0.181. The molecule has 22 heavy (non-hydrogen) atoms. The molecule has 1 atom stereocenters. The summed E-state index contributed by atoms with van der Waals surface area (Å²) >= 11 is 5.34. The highest BCUT2D eigenvalue weighted by Gasteiger charge is 2.33. The molecule has 0 saturated carbocycles. The fraction of sp³-hybridized carbons (Fsp3) is 0.375. The summed E-state index contributed by atoms with van der Waals surface area (Å²) in [5, 5.41) is 3.76. The first kappa shape index (κ1) is 16.3. The molecule has 1 aromatic carbocycles. The normalized spacial score (nSPS) is 18.5. The van der Waals surface area contributed by atoms with Gasteiger partial charge in [0.1, 0.15) is 0 Å². The zero-order chi connectivity index (χ0) is 16.4. The molecule has 6 heteroatoms. The van der Waals surface area contributed by atoms with Crippen LogP contribution < -0.4 is 11.1 Å². The summed E-state index contributed by atoms with van der Waals surface area (Å²) in [7, 11) is 1.83. The summed E-state index contributed by atoms with van der Waals surface area (Å²) in [5.41, 5.74) is 8.68. The van der Waals surface area contributed by atoms with Crippen LogP contribution in [0.2, 0.25) is 0 Å². The van der Waals surface area contributed by atoms with Crippen molar-refractivity contribution in [3.63, 3.8) is 0 Å². The first-order valence-electron chi connectivity index (χ1n) is 7.12. The quantitative estimate of drug-likeness (QED) is 0.506. The van der Waals surface area contributed by atoms with Crippen LogP contribution in [0, 0.1) is 0 Å². The second-order valence-electron chi connectivity index (χ2n) is 5.56. The van der Waals surface area contributed by atoms with E-state index in [0.29, 0.717) is 16.4 Å². The first-order chi connectivity index (χ1) is 10.3. The number of allylic oxidation sites excluding steroid dienone is 1. The Bertz CT molecular complexity index is 623. The highest BCUT2D eigenvalue weighted by atomic mass is 32.1. The van der Waals surface area contributed by atoms with Gasteiger partial charge in [0, 0.05) is 18.4 Å². The molecular weight excluding hydrogens is 298 g/mol. The van der Waals surface area contributed by atoms with Crippen molar-refractivity contribution in [1.82, 2.24) is 10.2 Å². The Balaban J connectivity index is 2.47. The molecule has 0 saturated heterocycles. The number of benzene rings is 1. The van der Waals surface area contributed by atoms with Crippen molar-refractivity contribution in [2.24, 2.45) is 0 Å². The number of carbonyl (C=O) groups is 1. The SMILES string of the molecule is CC1=C(C(=O)OC(C)C)[C@@H](c2ccc(N)cc2)NC(=S)N1C. The Morgan fingerprint density at radius 2 is 1.95 bits per heavy atom. The molecule has 1 aliphatic heterocycles. The molecule has 3 N–H and O–H groups in total. The number of esters is 1. The van der Waals surface area contributed by atoms with E-state index < -0.39 is 0 Å². The molecular formula is C16H21N3O2S. The fourth-order valence-electron chi connectivity index (χ4n) is 2.32. The zero-order valence-electron chi connectivity index (χ0n) is 13.2. The second kappa shape index (κ2) is 6.36. The maximum Gasteiger partial charge on any atom is 0.338 e. The van der Waals surface area contributed by atoms with E-state index in [1.165, 1.54) is 0 Å². The third-order valence-electron chi connectivity index (χ3n) is 3.59. The number of rotatable bonds is 3. The summed E-state index contributed by atoms with van der Waals surface area (Å²) in [6.07, 6.45) is -0.181. The van der Waals surface area contributed by atoms with Gasteiger partial charge in [0.25, 0.3) is 0 Å². The van der Waals surface area contributed by atoms with E-state index in [1.54, 1.807) is 17.0 Å². The largest absolute Gasteiger partial charge is 0.459 e. The van der Waals surface area contributed by atoms with Crippen molar-refractivity contribution in [2.75, 3.05) is 12.8 Å². The fourth-order valence-corrected chi connectivity index (χ4v) is 2.57. The number of nitrogens with two attached hydrogens (primary N) is 1. The number of ether oxygens (including phenoxy) is 1. The predicted molar refractivity (Wildman–Crippen MR) is 91.0 cm³/mol. The zero-order valence-corrected chi connectivity index (χ0v) is 14.0. The lowest BCUT2D eigenvalue weighted by molar-refractivity contribution is -0.143. The van der Waals surface area contributed by atoms with E-state index in [0.717, 1.165) is 11.3 Å². The topological polar surface area (TPSA) is 67.6 Å². The molecule has 0 aromatic heterocycles. The van der Waals surface area contributed by atoms with Crippen molar-refractivity contribution in [2.45, 2.75) is 32.9 Å². The van der Waals surface area contributed by atoms with Crippen molar-refractivity contribution >= 4 is 29.0 Å². The van der Waals surface area contributed by atoms with Gasteiger partial charge in [-0.2, -0.15) is 0 Å². The van der Waals surface area contributed by atoms with Gasteiger partial charge >= 0.3 is 5.97 Å². The third kappa shape index (κ3) is 3.22. The molecule has 5 nitrogen and oxygen atoms in total. The van der Waals surface area contributed by atoms with E-state index >= 15 is 0 Å². The van der Waals surface area contributed by atoms with Gasteiger partial charge in [0.15, 0.2) is 5.11 Å². The number of nitrogens with one attached hydrogen (secondary N) is 1. The van der Waals surface area contributed by atoms with Gasteiger partial charge in [-0.1, -0.05) is 12.1 Å². The van der Waals surface area contributed by atoms with Crippen molar-refractivity contribution in [1.29, 1.82) is 0 Å². The molecule has 118 valence electrons. The Morgan fingerprint density at radius 1 is 1.36 bits per heavy atom. The highest BCUT2D eigenvalue weighted by Crippen LogP contribution is 2.31. The summed E-state index contributed by atoms with van der Waals surface area (Å²) in [6, 6.07) is 7.04. The van der Waals surface area contributed by atoms with Gasteiger partial charge in [-0.3, -0.25) is 0 Å². The van der Waals surface area contributed by atoms with Gasteiger partial charge in [-0.25, -0.2) is 4.79 Å². The van der Waals surface area contributed by atoms with Crippen LogP contribution in [0.15, 0.2) is 35.5 Å². The molecule has 0 amide bonds. The molecule has 0 fully saturated rings. The predicted octanol–water partition coefficient (Wildman–Crippen LogP) is 2.36. The lowest BCUT2D eigenvalue weighted by Crippen LogP contribution is -2.46. The number of anilines is 1. The number of hydrogen-bond acceptors (Lipinski definition) is 4. The van der Waals surface area contributed by atoms with Crippen molar-refractivity contribution in [3.8, 4) is 0 Å². The van der Waals surface area contributed by atoms with E-state index in [4.69, 9.17) is 22.7 Å². The Labute approximate surface area is 136 Å². The summed E-state index contributed by atoms with van der Waals surface area (Å²) in [6.45, 7) is 5.53. The second-order valence-corrected chi connectivity index (χ2v) is 5.95. The molecule has 0 bridgehead atoms. The summed E-state index contributed by atoms with van der Waals surface area (Å²) in [4.78, 5) is 14.3.